The van der Waals surface area contributed by atoms with Crippen LogP contribution in [-0.2, 0) is 13.6 Å². The molecule has 164 valence electrons. The van der Waals surface area contributed by atoms with Gasteiger partial charge in [-0.2, -0.15) is 0 Å². The number of amides is 1. The van der Waals surface area contributed by atoms with Gasteiger partial charge in [0, 0.05) is 38.7 Å². The topological polar surface area (TPSA) is 78.0 Å². The van der Waals surface area contributed by atoms with Crippen LogP contribution < -0.4 is 5.69 Å². The zero-order chi connectivity index (χ0) is 22.2. The summed E-state index contributed by atoms with van der Waals surface area (Å²) in [5, 5.41) is 0. The van der Waals surface area contributed by atoms with Gasteiger partial charge in [0.05, 0.1) is 18.1 Å². The molecule has 1 amide bonds. The number of nitrogens with zero attached hydrogens (tertiary/aromatic N) is 6. The van der Waals surface area contributed by atoms with Crippen LogP contribution >= 0.6 is 0 Å². The Morgan fingerprint density at radius 2 is 2.06 bits per heavy atom. The lowest BCUT2D eigenvalue weighted by molar-refractivity contribution is 0.0663. The number of pyridine rings is 1. The molecule has 1 aliphatic heterocycles. The summed E-state index contributed by atoms with van der Waals surface area (Å²) in [4.78, 5) is 36.9. The summed E-state index contributed by atoms with van der Waals surface area (Å²) in [5.74, 6) is -0.107. The van der Waals surface area contributed by atoms with Crippen molar-refractivity contribution < 1.29 is 9.18 Å². The number of carbonyl (C=O) groups excluding carboxylic acids is 1. The van der Waals surface area contributed by atoms with E-state index < -0.39 is 0 Å². The lowest BCUT2D eigenvalue weighted by Gasteiger charge is -2.32. The van der Waals surface area contributed by atoms with E-state index in [9.17, 15) is 14.0 Å². The fourth-order valence-corrected chi connectivity index (χ4v) is 4.47. The lowest BCUT2D eigenvalue weighted by atomic mass is 10.1. The summed E-state index contributed by atoms with van der Waals surface area (Å²) in [6.07, 6.45) is 6.53. The number of aryl methyl sites for hydroxylation is 1. The second kappa shape index (κ2) is 8.07. The maximum atomic E-state index is 13.7. The molecule has 0 aliphatic carbocycles. The highest BCUT2D eigenvalue weighted by Crippen LogP contribution is 2.25. The Balaban J connectivity index is 1.51. The average Bonchev–Trinajstić information content (AvgIpc) is 3.34. The first kappa shape index (κ1) is 20.2. The Labute approximate surface area is 183 Å². The summed E-state index contributed by atoms with van der Waals surface area (Å²) in [6.45, 7) is 1.27. The molecule has 0 unspecified atom stereocenters. The monoisotopic (exact) mass is 434 g/mol. The summed E-state index contributed by atoms with van der Waals surface area (Å²) in [7, 11) is 1.79. The molecule has 1 aliphatic rings. The number of rotatable bonds is 4. The zero-order valence-electron chi connectivity index (χ0n) is 17.7. The predicted octanol–water partition coefficient (Wildman–Crippen LogP) is 2.60. The number of piperidine rings is 1. The van der Waals surface area contributed by atoms with Crippen molar-refractivity contribution in [1.82, 2.24) is 28.6 Å². The normalized spacial score (nSPS) is 16.6. The molecule has 5 rings (SSSR count). The van der Waals surface area contributed by atoms with Crippen molar-refractivity contribution in [2.75, 3.05) is 13.1 Å². The maximum absolute atomic E-state index is 13.7. The van der Waals surface area contributed by atoms with Crippen LogP contribution in [0, 0.1) is 5.82 Å². The summed E-state index contributed by atoms with van der Waals surface area (Å²) in [5.41, 5.74) is 1.75. The van der Waals surface area contributed by atoms with Crippen LogP contribution in [-0.4, -0.2) is 47.6 Å². The summed E-state index contributed by atoms with van der Waals surface area (Å²) < 4.78 is 18.7. The van der Waals surface area contributed by atoms with Crippen LogP contribution in [0.15, 0.2) is 59.8 Å². The summed E-state index contributed by atoms with van der Waals surface area (Å²) >= 11 is 0. The van der Waals surface area contributed by atoms with Crippen molar-refractivity contribution in [2.45, 2.75) is 25.4 Å². The van der Waals surface area contributed by atoms with Crippen molar-refractivity contribution in [3.63, 3.8) is 0 Å². The molecule has 4 heterocycles. The Morgan fingerprint density at radius 1 is 1.19 bits per heavy atom. The quantitative estimate of drug-likeness (QED) is 0.495. The fraction of sp³-hybridized carbons (Fsp3) is 0.304. The molecule has 1 saturated heterocycles. The Bertz CT molecular complexity index is 1350. The van der Waals surface area contributed by atoms with Crippen LogP contribution in [0.2, 0.25) is 0 Å². The van der Waals surface area contributed by atoms with E-state index in [1.807, 2.05) is 6.07 Å². The molecule has 1 aromatic carbocycles. The molecular formula is C23H23FN6O2. The van der Waals surface area contributed by atoms with Gasteiger partial charge in [0.15, 0.2) is 11.5 Å². The molecule has 3 aromatic heterocycles. The minimum atomic E-state index is -0.340. The lowest BCUT2D eigenvalue weighted by Crippen LogP contribution is -2.43. The van der Waals surface area contributed by atoms with Gasteiger partial charge in [0.25, 0.3) is 5.91 Å². The van der Waals surface area contributed by atoms with Crippen LogP contribution in [0.1, 0.15) is 35.1 Å². The van der Waals surface area contributed by atoms with E-state index in [4.69, 9.17) is 0 Å². The number of aromatic nitrogens is 5. The van der Waals surface area contributed by atoms with E-state index in [0.717, 1.165) is 12.8 Å². The number of hydrogen-bond acceptors (Lipinski definition) is 4. The molecular weight excluding hydrogens is 411 g/mol. The van der Waals surface area contributed by atoms with Crippen LogP contribution in [0.25, 0.3) is 11.2 Å². The van der Waals surface area contributed by atoms with Crippen LogP contribution in [0.5, 0.6) is 0 Å². The van der Waals surface area contributed by atoms with Gasteiger partial charge >= 0.3 is 5.69 Å². The third-order valence-corrected chi connectivity index (χ3v) is 6.01. The number of likely N-dealkylation sites (tertiary alicyclic amines) is 1. The number of benzene rings is 1. The zero-order valence-corrected chi connectivity index (χ0v) is 17.7. The van der Waals surface area contributed by atoms with Crippen LogP contribution in [0.3, 0.4) is 0 Å². The molecule has 32 heavy (non-hydrogen) atoms. The third kappa shape index (κ3) is 3.49. The Kier molecular flexibility index (Phi) is 5.08. The van der Waals surface area contributed by atoms with Crippen molar-refractivity contribution >= 4 is 17.1 Å². The van der Waals surface area contributed by atoms with Gasteiger partial charge in [-0.1, -0.05) is 12.1 Å². The second-order valence-electron chi connectivity index (χ2n) is 8.12. The number of hydrogen-bond donors (Lipinski definition) is 0. The highest BCUT2D eigenvalue weighted by Gasteiger charge is 2.30. The van der Waals surface area contributed by atoms with Gasteiger partial charge in [0.2, 0.25) is 0 Å². The van der Waals surface area contributed by atoms with Crippen molar-refractivity contribution in [2.24, 2.45) is 7.05 Å². The van der Waals surface area contributed by atoms with E-state index in [1.165, 1.54) is 12.1 Å². The Hall–Kier alpha value is -3.75. The van der Waals surface area contributed by atoms with Gasteiger partial charge in [-0.3, -0.25) is 13.9 Å². The van der Waals surface area contributed by atoms with Gasteiger partial charge in [-0.15, -0.1) is 0 Å². The minimum absolute atomic E-state index is 0.147. The molecule has 0 saturated carbocycles. The first-order chi connectivity index (χ1) is 15.5. The highest BCUT2D eigenvalue weighted by atomic mass is 19.1. The van der Waals surface area contributed by atoms with E-state index in [0.29, 0.717) is 35.6 Å². The van der Waals surface area contributed by atoms with Gasteiger partial charge in [-0.05, 0) is 42.7 Å². The maximum Gasteiger partial charge on any atom is 0.330 e. The molecule has 0 N–H and O–H groups in total. The number of halogens is 1. The predicted molar refractivity (Wildman–Crippen MR) is 117 cm³/mol. The van der Waals surface area contributed by atoms with E-state index in [-0.39, 0.29) is 30.0 Å². The average molecular weight is 434 g/mol. The standard InChI is InChI=1S/C23H23FN6O2/c1-27-12-10-26-21(27)22(31)28-11-4-7-18(15-28)30-20-19(8-3-9-25-20)29(23(30)32)14-16-5-2-6-17(24)13-16/h2-3,5-6,8-10,12-13,18H,4,7,11,14-15H2,1H3/t18-/m0/s1. The fourth-order valence-electron chi connectivity index (χ4n) is 4.47. The van der Waals surface area contributed by atoms with E-state index in [1.54, 1.807) is 62.4 Å². The molecule has 0 bridgehead atoms. The third-order valence-electron chi connectivity index (χ3n) is 6.01. The molecule has 0 radical (unpaired) electrons. The summed E-state index contributed by atoms with van der Waals surface area (Å²) in [6, 6.07) is 9.67. The first-order valence-corrected chi connectivity index (χ1v) is 10.6. The van der Waals surface area contributed by atoms with Gasteiger partial charge in [0.1, 0.15) is 5.82 Å². The minimum Gasteiger partial charge on any atom is -0.334 e. The molecule has 8 nitrogen and oxygen atoms in total. The largest absolute Gasteiger partial charge is 0.334 e. The van der Waals surface area contributed by atoms with E-state index >= 15 is 0 Å². The number of fused-ring (bicyclic) bond motifs is 1. The molecule has 0 spiro atoms. The number of carbonyl (C=O) groups is 1. The van der Waals surface area contributed by atoms with Gasteiger partial charge in [-0.25, -0.2) is 19.2 Å². The van der Waals surface area contributed by atoms with Crippen molar-refractivity contribution in [1.29, 1.82) is 0 Å². The highest BCUT2D eigenvalue weighted by molar-refractivity contribution is 5.90. The first-order valence-electron chi connectivity index (χ1n) is 10.6. The van der Waals surface area contributed by atoms with Gasteiger partial charge < -0.3 is 9.47 Å². The molecule has 1 atom stereocenters. The SMILES string of the molecule is Cn1ccnc1C(=O)N1CCC[C@H](n2c(=O)n(Cc3cccc(F)c3)c3cccnc32)C1. The molecule has 9 heteroatoms. The number of imidazole rings is 2. The molecule has 4 aromatic rings. The van der Waals surface area contributed by atoms with Crippen molar-refractivity contribution in [3.8, 4) is 0 Å². The molecule has 1 fully saturated rings. The second-order valence-corrected chi connectivity index (χ2v) is 8.12. The van der Waals surface area contributed by atoms with Crippen molar-refractivity contribution in [3.05, 3.63) is 82.7 Å². The Morgan fingerprint density at radius 3 is 2.84 bits per heavy atom. The van der Waals surface area contributed by atoms with E-state index in [2.05, 4.69) is 9.97 Å². The van der Waals surface area contributed by atoms with Crippen LogP contribution in [0.4, 0.5) is 4.39 Å². The smallest absolute Gasteiger partial charge is 0.330 e.